The van der Waals surface area contributed by atoms with Crippen LogP contribution in [0.2, 0.25) is 0 Å². The van der Waals surface area contributed by atoms with Crippen molar-refractivity contribution in [3.05, 3.63) is 48.3 Å². The van der Waals surface area contributed by atoms with E-state index in [0.29, 0.717) is 11.9 Å². The lowest BCUT2D eigenvalue weighted by Crippen LogP contribution is -2.08. The fraction of sp³-hybridized carbons (Fsp3) is 0.455. The molecule has 1 heterocycles. The number of aromatic nitrogens is 2. The third-order valence-electron chi connectivity index (χ3n) is 4.25. The Morgan fingerprint density at radius 2 is 1.81 bits per heavy atom. The summed E-state index contributed by atoms with van der Waals surface area (Å²) in [6.45, 7) is 5.27. The van der Waals surface area contributed by atoms with Gasteiger partial charge in [0.15, 0.2) is 11.6 Å². The van der Waals surface area contributed by atoms with Gasteiger partial charge in [-0.05, 0) is 38.2 Å². The zero-order valence-electron chi connectivity index (χ0n) is 15.9. The van der Waals surface area contributed by atoms with Crippen molar-refractivity contribution in [1.82, 2.24) is 9.97 Å². The van der Waals surface area contributed by atoms with Crippen molar-refractivity contribution < 1.29 is 9.84 Å². The van der Waals surface area contributed by atoms with Gasteiger partial charge in [-0.15, -0.1) is 0 Å². The van der Waals surface area contributed by atoms with Crippen LogP contribution in [-0.4, -0.2) is 27.8 Å². The van der Waals surface area contributed by atoms with E-state index in [0.717, 1.165) is 37.0 Å². The number of aromatic hydroxyl groups is 1. The van der Waals surface area contributed by atoms with E-state index in [1.165, 1.54) is 31.7 Å². The van der Waals surface area contributed by atoms with E-state index in [2.05, 4.69) is 48.1 Å². The van der Waals surface area contributed by atoms with Gasteiger partial charge in [-0.2, -0.15) is 0 Å². The van der Waals surface area contributed by atoms with E-state index in [-0.39, 0.29) is 5.75 Å². The number of ether oxygens (including phenoxy) is 1. The highest BCUT2D eigenvalue weighted by Crippen LogP contribution is 2.17. The van der Waals surface area contributed by atoms with E-state index in [1.54, 1.807) is 0 Å². The van der Waals surface area contributed by atoms with E-state index in [1.807, 2.05) is 12.1 Å². The van der Waals surface area contributed by atoms with Crippen LogP contribution in [0.15, 0.2) is 42.7 Å². The smallest absolute Gasteiger partial charge is 0.159 e. The summed E-state index contributed by atoms with van der Waals surface area (Å²) in [5, 5.41) is 9.24. The highest BCUT2D eigenvalue weighted by Gasteiger charge is 2.02. The molecule has 4 heteroatoms. The molecule has 0 saturated carbocycles. The van der Waals surface area contributed by atoms with Crippen molar-refractivity contribution in [1.29, 1.82) is 0 Å². The summed E-state index contributed by atoms with van der Waals surface area (Å²) in [6, 6.07) is 8.11. The topological polar surface area (TPSA) is 55.2 Å². The quantitative estimate of drug-likeness (QED) is 0.531. The van der Waals surface area contributed by atoms with Gasteiger partial charge in [-0.1, -0.05) is 56.2 Å². The van der Waals surface area contributed by atoms with E-state index in [9.17, 15) is 5.11 Å². The summed E-state index contributed by atoms with van der Waals surface area (Å²) in [7, 11) is 0. The van der Waals surface area contributed by atoms with Gasteiger partial charge in [0.05, 0.1) is 18.5 Å². The maximum atomic E-state index is 9.24. The fourth-order valence-corrected chi connectivity index (χ4v) is 2.68. The summed E-state index contributed by atoms with van der Waals surface area (Å²) in [5.74, 6) is 0.695. The molecule has 2 aromatic rings. The number of benzene rings is 1. The molecular weight excluding hydrogens is 324 g/mol. The Balaban J connectivity index is 1.69. The summed E-state index contributed by atoms with van der Waals surface area (Å²) < 4.78 is 5.82. The molecule has 0 aliphatic rings. The first-order valence-corrected chi connectivity index (χ1v) is 9.58. The van der Waals surface area contributed by atoms with Crippen LogP contribution in [0.5, 0.6) is 5.75 Å². The van der Waals surface area contributed by atoms with Crippen LogP contribution in [-0.2, 0) is 4.74 Å². The Bertz CT molecular complexity index is 651. The normalized spacial score (nSPS) is 12.5. The Kier molecular flexibility index (Phi) is 8.84. The molecule has 0 amide bonds. The van der Waals surface area contributed by atoms with Gasteiger partial charge in [0, 0.05) is 12.2 Å². The molecule has 1 aromatic carbocycles. The largest absolute Gasteiger partial charge is 0.505 e. The molecule has 140 valence electrons. The van der Waals surface area contributed by atoms with Gasteiger partial charge in [-0.25, -0.2) is 9.97 Å². The van der Waals surface area contributed by atoms with Gasteiger partial charge in [0.1, 0.15) is 0 Å². The Morgan fingerprint density at radius 3 is 2.50 bits per heavy atom. The van der Waals surface area contributed by atoms with Crippen molar-refractivity contribution in [3.8, 4) is 17.1 Å². The van der Waals surface area contributed by atoms with Gasteiger partial charge < -0.3 is 9.84 Å². The summed E-state index contributed by atoms with van der Waals surface area (Å²) in [6.07, 6.45) is 14.5. The molecule has 0 aliphatic heterocycles. The van der Waals surface area contributed by atoms with Gasteiger partial charge >= 0.3 is 0 Å². The van der Waals surface area contributed by atoms with E-state index >= 15 is 0 Å². The highest BCUT2D eigenvalue weighted by molar-refractivity contribution is 5.59. The van der Waals surface area contributed by atoms with Crippen LogP contribution < -0.4 is 0 Å². The standard InChI is InChI=1S/C22H30N2O2/c1-3-4-8-15-26-18(2)9-6-5-7-10-19-11-13-20(14-12-19)22-23-16-21(25)17-24-22/h7,10-14,16-18,25H,3-6,8-9,15H2,1-2H3. The molecule has 0 aliphatic carbocycles. The molecule has 2 rings (SSSR count). The van der Waals surface area contributed by atoms with Crippen LogP contribution in [0, 0.1) is 0 Å². The Hall–Kier alpha value is -2.20. The molecule has 1 aromatic heterocycles. The average Bonchev–Trinajstić information content (AvgIpc) is 2.66. The Labute approximate surface area is 157 Å². The first-order chi connectivity index (χ1) is 12.7. The lowest BCUT2D eigenvalue weighted by atomic mass is 10.1. The van der Waals surface area contributed by atoms with Crippen LogP contribution in [0.25, 0.3) is 17.5 Å². The Morgan fingerprint density at radius 1 is 1.08 bits per heavy atom. The minimum Gasteiger partial charge on any atom is -0.505 e. The second-order valence-electron chi connectivity index (χ2n) is 6.61. The van der Waals surface area contributed by atoms with Crippen LogP contribution >= 0.6 is 0 Å². The molecule has 0 saturated heterocycles. The predicted molar refractivity (Wildman–Crippen MR) is 107 cm³/mol. The molecule has 0 fully saturated rings. The molecule has 4 nitrogen and oxygen atoms in total. The molecule has 1 atom stereocenters. The van der Waals surface area contributed by atoms with E-state index < -0.39 is 0 Å². The van der Waals surface area contributed by atoms with Gasteiger partial charge in [-0.3, -0.25) is 0 Å². The number of nitrogens with zero attached hydrogens (tertiary/aromatic N) is 2. The SMILES string of the molecule is CCCCCOC(C)CCCC=Cc1ccc(-c2ncc(O)cn2)cc1. The van der Waals surface area contributed by atoms with Crippen molar-refractivity contribution in [3.63, 3.8) is 0 Å². The maximum absolute atomic E-state index is 9.24. The minimum atomic E-state index is 0.0778. The number of rotatable bonds is 11. The third kappa shape index (κ3) is 7.36. The summed E-state index contributed by atoms with van der Waals surface area (Å²) >= 11 is 0. The van der Waals surface area contributed by atoms with Gasteiger partial charge in [0.25, 0.3) is 0 Å². The van der Waals surface area contributed by atoms with Crippen molar-refractivity contribution in [2.45, 2.75) is 58.5 Å². The van der Waals surface area contributed by atoms with Crippen molar-refractivity contribution in [2.24, 2.45) is 0 Å². The average molecular weight is 354 g/mol. The van der Waals surface area contributed by atoms with Crippen LogP contribution in [0.3, 0.4) is 0 Å². The number of unbranched alkanes of at least 4 members (excludes halogenated alkanes) is 3. The van der Waals surface area contributed by atoms with Crippen LogP contribution in [0.1, 0.15) is 57.9 Å². The third-order valence-corrected chi connectivity index (χ3v) is 4.25. The van der Waals surface area contributed by atoms with E-state index in [4.69, 9.17) is 4.74 Å². The zero-order valence-corrected chi connectivity index (χ0v) is 15.9. The van der Waals surface area contributed by atoms with Gasteiger partial charge in [0.2, 0.25) is 0 Å². The van der Waals surface area contributed by atoms with Crippen LogP contribution in [0.4, 0.5) is 0 Å². The summed E-state index contributed by atoms with van der Waals surface area (Å²) in [5.41, 5.74) is 2.10. The first kappa shape index (κ1) is 20.1. The molecule has 1 unspecified atom stereocenters. The van der Waals surface area contributed by atoms with Crippen molar-refractivity contribution in [2.75, 3.05) is 6.61 Å². The minimum absolute atomic E-state index is 0.0778. The molecule has 0 spiro atoms. The molecule has 0 radical (unpaired) electrons. The predicted octanol–water partition coefficient (Wildman–Crippen LogP) is 5.63. The van der Waals surface area contributed by atoms with Crippen molar-refractivity contribution >= 4 is 6.08 Å². The molecule has 0 bridgehead atoms. The molecule has 1 N–H and O–H groups in total. The molecule has 26 heavy (non-hydrogen) atoms. The number of hydrogen-bond donors (Lipinski definition) is 1. The lowest BCUT2D eigenvalue weighted by molar-refractivity contribution is 0.0566. The number of allylic oxidation sites excluding steroid dienone is 1. The first-order valence-electron chi connectivity index (χ1n) is 9.58. The monoisotopic (exact) mass is 354 g/mol. The zero-order chi connectivity index (χ0) is 18.6. The highest BCUT2D eigenvalue weighted by atomic mass is 16.5. The summed E-state index contributed by atoms with van der Waals surface area (Å²) in [4.78, 5) is 8.24. The molecular formula is C22H30N2O2. The lowest BCUT2D eigenvalue weighted by Gasteiger charge is -2.11. The number of hydrogen-bond acceptors (Lipinski definition) is 4. The fourth-order valence-electron chi connectivity index (χ4n) is 2.68. The maximum Gasteiger partial charge on any atom is 0.159 e. The second-order valence-corrected chi connectivity index (χ2v) is 6.61. The second kappa shape index (κ2) is 11.4.